The van der Waals surface area contributed by atoms with Crippen molar-refractivity contribution in [2.75, 3.05) is 19.5 Å². The van der Waals surface area contributed by atoms with Crippen LogP contribution in [0.3, 0.4) is 0 Å². The number of hydrogen-bond donors (Lipinski definition) is 0. The molecule has 0 radical (unpaired) electrons. The SMILES string of the molecule is COc1cccc(OCCSc2nc3ccccc3n2Cc2ccccc2)c1. The number of imidazole rings is 1. The van der Waals surface area contributed by atoms with E-state index in [4.69, 9.17) is 14.5 Å². The minimum atomic E-state index is 0.604. The average Bonchev–Trinajstić information content (AvgIpc) is 3.09. The molecule has 1 heterocycles. The Labute approximate surface area is 169 Å². The standard InChI is InChI=1S/C23H22N2O2S/c1-26-19-10-7-11-20(16-19)27-14-15-28-23-24-21-12-5-6-13-22(21)25(23)17-18-8-3-2-4-9-18/h2-13,16H,14-15,17H2,1H3. The molecule has 0 saturated carbocycles. The predicted octanol–water partition coefficient (Wildman–Crippen LogP) is 5.26. The second-order valence-electron chi connectivity index (χ2n) is 6.33. The van der Waals surface area contributed by atoms with Gasteiger partial charge in [-0.05, 0) is 29.8 Å². The first-order chi connectivity index (χ1) is 13.8. The molecule has 0 atom stereocenters. The zero-order valence-corrected chi connectivity index (χ0v) is 16.6. The topological polar surface area (TPSA) is 36.3 Å². The van der Waals surface area contributed by atoms with E-state index in [-0.39, 0.29) is 0 Å². The molecule has 0 spiro atoms. The van der Waals surface area contributed by atoms with Gasteiger partial charge in [0.2, 0.25) is 0 Å². The Morgan fingerprint density at radius 1 is 0.893 bits per heavy atom. The zero-order valence-electron chi connectivity index (χ0n) is 15.7. The van der Waals surface area contributed by atoms with E-state index in [9.17, 15) is 0 Å². The van der Waals surface area contributed by atoms with Gasteiger partial charge in [-0.3, -0.25) is 0 Å². The molecule has 0 unspecified atom stereocenters. The summed E-state index contributed by atoms with van der Waals surface area (Å²) in [6, 6.07) is 26.4. The molecule has 0 aliphatic carbocycles. The highest BCUT2D eigenvalue weighted by atomic mass is 32.2. The van der Waals surface area contributed by atoms with Crippen molar-refractivity contribution in [3.05, 3.63) is 84.4 Å². The number of para-hydroxylation sites is 2. The molecule has 0 aliphatic heterocycles. The molecular weight excluding hydrogens is 368 g/mol. The van der Waals surface area contributed by atoms with Gasteiger partial charge in [-0.25, -0.2) is 4.98 Å². The van der Waals surface area contributed by atoms with Gasteiger partial charge in [0.1, 0.15) is 11.5 Å². The van der Waals surface area contributed by atoms with Gasteiger partial charge in [-0.2, -0.15) is 0 Å². The monoisotopic (exact) mass is 390 g/mol. The molecule has 1 aromatic heterocycles. The summed E-state index contributed by atoms with van der Waals surface area (Å²) < 4.78 is 13.4. The lowest BCUT2D eigenvalue weighted by molar-refractivity contribution is 0.339. The summed E-state index contributed by atoms with van der Waals surface area (Å²) in [5.74, 6) is 2.43. The quantitative estimate of drug-likeness (QED) is 0.304. The largest absolute Gasteiger partial charge is 0.497 e. The third-order valence-corrected chi connectivity index (χ3v) is 5.37. The number of rotatable bonds is 8. The summed E-state index contributed by atoms with van der Waals surface area (Å²) in [6.07, 6.45) is 0. The summed E-state index contributed by atoms with van der Waals surface area (Å²) in [5, 5.41) is 1.01. The Kier molecular flexibility index (Phi) is 5.83. The Morgan fingerprint density at radius 2 is 1.68 bits per heavy atom. The maximum atomic E-state index is 5.86. The molecule has 0 aliphatic rings. The van der Waals surface area contributed by atoms with E-state index >= 15 is 0 Å². The third-order valence-electron chi connectivity index (χ3n) is 4.43. The molecule has 142 valence electrons. The second kappa shape index (κ2) is 8.85. The van der Waals surface area contributed by atoms with E-state index in [1.807, 2.05) is 36.4 Å². The maximum absolute atomic E-state index is 5.86. The summed E-state index contributed by atoms with van der Waals surface area (Å²) in [6.45, 7) is 1.41. The van der Waals surface area contributed by atoms with Crippen molar-refractivity contribution in [3.8, 4) is 11.5 Å². The Bertz CT molecular complexity index is 1050. The summed E-state index contributed by atoms with van der Waals surface area (Å²) in [5.41, 5.74) is 3.44. The van der Waals surface area contributed by atoms with Crippen LogP contribution >= 0.6 is 11.8 Å². The van der Waals surface area contributed by atoms with Crippen LogP contribution in [0.2, 0.25) is 0 Å². The van der Waals surface area contributed by atoms with Crippen LogP contribution in [-0.4, -0.2) is 29.0 Å². The molecule has 0 bridgehead atoms. The lowest BCUT2D eigenvalue weighted by Gasteiger charge is -2.10. The van der Waals surface area contributed by atoms with Crippen LogP contribution in [0.1, 0.15) is 5.56 Å². The molecule has 4 aromatic rings. The van der Waals surface area contributed by atoms with Crippen molar-refractivity contribution in [1.29, 1.82) is 0 Å². The smallest absolute Gasteiger partial charge is 0.169 e. The lowest BCUT2D eigenvalue weighted by atomic mass is 10.2. The molecular formula is C23H22N2O2S. The van der Waals surface area contributed by atoms with Gasteiger partial charge in [0.15, 0.2) is 5.16 Å². The number of ether oxygens (including phenoxy) is 2. The number of methoxy groups -OCH3 is 1. The van der Waals surface area contributed by atoms with Crippen molar-refractivity contribution in [1.82, 2.24) is 9.55 Å². The Morgan fingerprint density at radius 3 is 2.54 bits per heavy atom. The molecule has 3 aromatic carbocycles. The number of hydrogen-bond acceptors (Lipinski definition) is 4. The van der Waals surface area contributed by atoms with Gasteiger partial charge < -0.3 is 14.0 Å². The van der Waals surface area contributed by atoms with Crippen LogP contribution in [0.4, 0.5) is 0 Å². The van der Waals surface area contributed by atoms with Crippen molar-refractivity contribution < 1.29 is 9.47 Å². The van der Waals surface area contributed by atoms with E-state index in [1.165, 1.54) is 5.56 Å². The molecule has 4 rings (SSSR count). The Balaban J connectivity index is 1.46. The number of fused-ring (bicyclic) bond motifs is 1. The van der Waals surface area contributed by atoms with Gasteiger partial charge in [0.25, 0.3) is 0 Å². The van der Waals surface area contributed by atoms with E-state index < -0.39 is 0 Å². The molecule has 4 nitrogen and oxygen atoms in total. The zero-order chi connectivity index (χ0) is 19.2. The first-order valence-electron chi connectivity index (χ1n) is 9.22. The van der Waals surface area contributed by atoms with E-state index in [0.29, 0.717) is 6.61 Å². The molecule has 5 heteroatoms. The van der Waals surface area contributed by atoms with E-state index in [2.05, 4.69) is 47.0 Å². The summed E-state index contributed by atoms with van der Waals surface area (Å²) in [7, 11) is 1.66. The highest BCUT2D eigenvalue weighted by Gasteiger charge is 2.11. The van der Waals surface area contributed by atoms with Crippen molar-refractivity contribution in [2.45, 2.75) is 11.7 Å². The average molecular weight is 391 g/mol. The van der Waals surface area contributed by atoms with Crippen LogP contribution < -0.4 is 9.47 Å². The number of nitrogens with zero attached hydrogens (tertiary/aromatic N) is 2. The molecule has 28 heavy (non-hydrogen) atoms. The maximum Gasteiger partial charge on any atom is 0.169 e. The Hall–Kier alpha value is -2.92. The predicted molar refractivity (Wildman–Crippen MR) is 114 cm³/mol. The molecule has 0 fully saturated rings. The van der Waals surface area contributed by atoms with Gasteiger partial charge in [0, 0.05) is 11.8 Å². The van der Waals surface area contributed by atoms with Gasteiger partial charge in [-0.1, -0.05) is 60.3 Å². The van der Waals surface area contributed by atoms with Gasteiger partial charge in [-0.15, -0.1) is 0 Å². The molecule has 0 saturated heterocycles. The number of benzene rings is 3. The summed E-state index contributed by atoms with van der Waals surface area (Å²) in [4.78, 5) is 4.83. The van der Waals surface area contributed by atoms with Crippen molar-refractivity contribution >= 4 is 22.8 Å². The summed E-state index contributed by atoms with van der Waals surface area (Å²) >= 11 is 1.72. The van der Waals surface area contributed by atoms with Crippen LogP contribution in [0.25, 0.3) is 11.0 Å². The highest BCUT2D eigenvalue weighted by molar-refractivity contribution is 7.99. The fourth-order valence-corrected chi connectivity index (χ4v) is 3.90. The highest BCUT2D eigenvalue weighted by Crippen LogP contribution is 2.26. The number of aromatic nitrogens is 2. The normalized spacial score (nSPS) is 10.9. The van der Waals surface area contributed by atoms with Crippen LogP contribution in [-0.2, 0) is 6.54 Å². The first kappa shape index (κ1) is 18.4. The van der Waals surface area contributed by atoms with Gasteiger partial charge >= 0.3 is 0 Å². The number of thioether (sulfide) groups is 1. The van der Waals surface area contributed by atoms with Crippen molar-refractivity contribution in [3.63, 3.8) is 0 Å². The molecule has 0 N–H and O–H groups in total. The first-order valence-corrected chi connectivity index (χ1v) is 10.2. The van der Waals surface area contributed by atoms with Crippen molar-refractivity contribution in [2.24, 2.45) is 0 Å². The van der Waals surface area contributed by atoms with Crippen LogP contribution in [0.15, 0.2) is 84.0 Å². The fourth-order valence-electron chi connectivity index (χ4n) is 3.07. The fraction of sp³-hybridized carbons (Fsp3) is 0.174. The lowest BCUT2D eigenvalue weighted by Crippen LogP contribution is -2.04. The van der Waals surface area contributed by atoms with Gasteiger partial charge in [0.05, 0.1) is 31.3 Å². The third kappa shape index (κ3) is 4.31. The van der Waals surface area contributed by atoms with Crippen LogP contribution in [0, 0.1) is 0 Å². The minimum absolute atomic E-state index is 0.604. The van der Waals surface area contributed by atoms with E-state index in [1.54, 1.807) is 18.9 Å². The molecule has 0 amide bonds. The van der Waals surface area contributed by atoms with Crippen LogP contribution in [0.5, 0.6) is 11.5 Å². The van der Waals surface area contributed by atoms with E-state index in [0.717, 1.165) is 40.0 Å². The minimum Gasteiger partial charge on any atom is -0.497 e. The second-order valence-corrected chi connectivity index (χ2v) is 7.39.